The van der Waals surface area contributed by atoms with Gasteiger partial charge in [-0.25, -0.2) is 4.79 Å². The minimum atomic E-state index is -0.500. The number of nitrogens with two attached hydrogens (primary N) is 1. The highest BCUT2D eigenvalue weighted by Crippen LogP contribution is 2.06. The molecule has 0 aromatic heterocycles. The summed E-state index contributed by atoms with van der Waals surface area (Å²) in [5.74, 6) is 0.179. The second-order valence-corrected chi connectivity index (χ2v) is 6.70. The Balaban J connectivity index is 0.00000676. The first-order chi connectivity index (χ1) is 12.2. The molecule has 5 N–H and O–H groups in total. The molecule has 0 bridgehead atoms. The second-order valence-electron chi connectivity index (χ2n) is 6.70. The summed E-state index contributed by atoms with van der Waals surface area (Å²) in [7, 11) is 1.67. The van der Waals surface area contributed by atoms with E-state index in [-0.39, 0.29) is 24.0 Å². The zero-order valence-electron chi connectivity index (χ0n) is 16.3. The van der Waals surface area contributed by atoms with Crippen molar-refractivity contribution in [2.75, 3.05) is 20.1 Å². The lowest BCUT2D eigenvalue weighted by molar-refractivity contribution is 0.0527. The summed E-state index contributed by atoms with van der Waals surface area (Å²) in [5.41, 5.74) is 6.18. The van der Waals surface area contributed by atoms with Crippen LogP contribution in [-0.2, 0) is 11.3 Å². The van der Waals surface area contributed by atoms with Crippen LogP contribution in [0.2, 0.25) is 0 Å². The predicted octanol–water partition coefficient (Wildman–Crippen LogP) is 1.98. The predicted molar refractivity (Wildman–Crippen MR) is 117 cm³/mol. The molecule has 0 aliphatic rings. The van der Waals surface area contributed by atoms with E-state index in [0.29, 0.717) is 31.2 Å². The van der Waals surface area contributed by atoms with E-state index in [4.69, 9.17) is 10.5 Å². The van der Waals surface area contributed by atoms with Crippen LogP contribution in [-0.4, -0.2) is 43.7 Å². The molecule has 1 aromatic carbocycles. The van der Waals surface area contributed by atoms with Crippen LogP contribution in [0, 0.1) is 0 Å². The number of amides is 2. The number of guanidine groups is 1. The van der Waals surface area contributed by atoms with E-state index >= 15 is 0 Å². The third kappa shape index (κ3) is 11.3. The van der Waals surface area contributed by atoms with Crippen molar-refractivity contribution in [3.8, 4) is 0 Å². The van der Waals surface area contributed by atoms with Gasteiger partial charge in [0.15, 0.2) is 5.96 Å². The van der Waals surface area contributed by atoms with E-state index < -0.39 is 17.6 Å². The number of aliphatic imine (C=N–C) groups is 1. The zero-order chi connectivity index (χ0) is 19.6. The SMILES string of the molecule is CN=C(NCCCNC(=O)OC(C)(C)C)NCc1cccc(C(N)=O)c1.I. The van der Waals surface area contributed by atoms with Gasteiger partial charge in [-0.05, 0) is 44.9 Å². The third-order valence-electron chi connectivity index (χ3n) is 3.21. The Labute approximate surface area is 177 Å². The second kappa shape index (κ2) is 12.4. The van der Waals surface area contributed by atoms with Crippen molar-refractivity contribution >= 4 is 41.9 Å². The first kappa shape index (κ1) is 25.0. The van der Waals surface area contributed by atoms with Crippen molar-refractivity contribution in [3.05, 3.63) is 35.4 Å². The maximum absolute atomic E-state index is 11.5. The number of ether oxygens (including phenoxy) is 1. The van der Waals surface area contributed by atoms with Gasteiger partial charge in [0.05, 0.1) is 0 Å². The highest BCUT2D eigenvalue weighted by atomic mass is 127. The average Bonchev–Trinajstić information content (AvgIpc) is 2.56. The molecule has 0 aliphatic carbocycles. The summed E-state index contributed by atoms with van der Waals surface area (Å²) >= 11 is 0. The molecule has 0 unspecified atom stereocenters. The molecule has 2 amide bonds. The van der Waals surface area contributed by atoms with Crippen LogP contribution in [0.15, 0.2) is 29.3 Å². The van der Waals surface area contributed by atoms with E-state index in [1.807, 2.05) is 26.8 Å². The molecule has 27 heavy (non-hydrogen) atoms. The van der Waals surface area contributed by atoms with Gasteiger partial charge >= 0.3 is 6.09 Å². The number of benzene rings is 1. The molecule has 0 spiro atoms. The van der Waals surface area contributed by atoms with Crippen molar-refractivity contribution in [3.63, 3.8) is 0 Å². The summed E-state index contributed by atoms with van der Waals surface area (Å²) in [5, 5.41) is 9.01. The van der Waals surface area contributed by atoms with Gasteiger partial charge in [0.2, 0.25) is 5.91 Å². The van der Waals surface area contributed by atoms with Gasteiger partial charge in [0.25, 0.3) is 0 Å². The maximum atomic E-state index is 11.5. The quantitative estimate of drug-likeness (QED) is 0.201. The molecule has 0 saturated carbocycles. The number of carbonyl (C=O) groups excluding carboxylic acids is 2. The molecule has 0 aliphatic heterocycles. The van der Waals surface area contributed by atoms with Crippen molar-refractivity contribution in [1.29, 1.82) is 0 Å². The standard InChI is InChI=1S/C18H29N5O3.HI/c1-18(2,3)26-17(25)22-10-6-9-21-16(20-4)23-12-13-7-5-8-14(11-13)15(19)24;/h5,7-8,11H,6,9-10,12H2,1-4H3,(H2,19,24)(H,22,25)(H2,20,21,23);1H. The molecule has 9 heteroatoms. The minimum absolute atomic E-state index is 0. The first-order valence-corrected chi connectivity index (χ1v) is 8.51. The average molecular weight is 491 g/mol. The topological polar surface area (TPSA) is 118 Å². The molecule has 152 valence electrons. The molecule has 1 aromatic rings. The Hall–Kier alpha value is -2.04. The van der Waals surface area contributed by atoms with Crippen LogP contribution in [0.1, 0.15) is 43.1 Å². The van der Waals surface area contributed by atoms with Crippen LogP contribution in [0.5, 0.6) is 0 Å². The minimum Gasteiger partial charge on any atom is -0.444 e. The fourth-order valence-electron chi connectivity index (χ4n) is 2.04. The number of hydrogen-bond acceptors (Lipinski definition) is 4. The van der Waals surface area contributed by atoms with Crippen molar-refractivity contribution in [2.24, 2.45) is 10.7 Å². The van der Waals surface area contributed by atoms with Crippen molar-refractivity contribution in [1.82, 2.24) is 16.0 Å². The highest BCUT2D eigenvalue weighted by molar-refractivity contribution is 14.0. The van der Waals surface area contributed by atoms with Crippen LogP contribution in [0.4, 0.5) is 4.79 Å². The lowest BCUT2D eigenvalue weighted by Gasteiger charge is -2.19. The Bertz CT molecular complexity index is 644. The van der Waals surface area contributed by atoms with E-state index in [2.05, 4.69) is 20.9 Å². The number of rotatable bonds is 7. The largest absolute Gasteiger partial charge is 0.444 e. The van der Waals surface area contributed by atoms with E-state index in [0.717, 1.165) is 12.0 Å². The molecule has 0 fully saturated rings. The van der Waals surface area contributed by atoms with Gasteiger partial charge < -0.3 is 26.4 Å². The maximum Gasteiger partial charge on any atom is 0.407 e. The van der Waals surface area contributed by atoms with Crippen LogP contribution in [0.25, 0.3) is 0 Å². The van der Waals surface area contributed by atoms with E-state index in [1.54, 1.807) is 25.2 Å². The lowest BCUT2D eigenvalue weighted by atomic mass is 10.1. The number of halogens is 1. The first-order valence-electron chi connectivity index (χ1n) is 8.51. The molecule has 0 radical (unpaired) electrons. The van der Waals surface area contributed by atoms with Gasteiger partial charge in [-0.15, -0.1) is 24.0 Å². The molecule has 0 atom stereocenters. The molecule has 8 nitrogen and oxygen atoms in total. The van der Waals surface area contributed by atoms with E-state index in [9.17, 15) is 9.59 Å². The van der Waals surface area contributed by atoms with Crippen LogP contribution < -0.4 is 21.7 Å². The number of alkyl carbamates (subject to hydrolysis) is 1. The molecular weight excluding hydrogens is 461 g/mol. The Morgan fingerprint density at radius 3 is 2.41 bits per heavy atom. The monoisotopic (exact) mass is 491 g/mol. The Morgan fingerprint density at radius 2 is 1.81 bits per heavy atom. The molecule has 0 saturated heterocycles. The molecule has 0 heterocycles. The molecular formula is C18H30IN5O3. The number of primary amides is 1. The van der Waals surface area contributed by atoms with Gasteiger partial charge in [-0.1, -0.05) is 12.1 Å². The normalized spacial score (nSPS) is 11.2. The number of carbonyl (C=O) groups is 2. The Kier molecular flexibility index (Phi) is 11.4. The summed E-state index contributed by atoms with van der Waals surface area (Å²) in [4.78, 5) is 26.9. The summed E-state index contributed by atoms with van der Waals surface area (Å²) < 4.78 is 5.16. The van der Waals surface area contributed by atoms with Gasteiger partial charge in [0.1, 0.15) is 5.60 Å². The molecule has 1 rings (SSSR count). The van der Waals surface area contributed by atoms with Gasteiger partial charge in [-0.3, -0.25) is 9.79 Å². The van der Waals surface area contributed by atoms with E-state index in [1.165, 1.54) is 0 Å². The van der Waals surface area contributed by atoms with Gasteiger partial charge in [-0.2, -0.15) is 0 Å². The fraction of sp³-hybridized carbons (Fsp3) is 0.500. The smallest absolute Gasteiger partial charge is 0.407 e. The van der Waals surface area contributed by atoms with Crippen LogP contribution in [0.3, 0.4) is 0 Å². The number of nitrogens with zero attached hydrogens (tertiary/aromatic N) is 1. The summed E-state index contributed by atoms with van der Waals surface area (Å²) in [6.07, 6.45) is 0.297. The summed E-state index contributed by atoms with van der Waals surface area (Å²) in [6.45, 7) is 7.11. The third-order valence-corrected chi connectivity index (χ3v) is 3.21. The highest BCUT2D eigenvalue weighted by Gasteiger charge is 2.15. The van der Waals surface area contributed by atoms with Crippen molar-refractivity contribution < 1.29 is 14.3 Å². The Morgan fingerprint density at radius 1 is 1.15 bits per heavy atom. The fourth-order valence-corrected chi connectivity index (χ4v) is 2.04. The van der Waals surface area contributed by atoms with Crippen LogP contribution >= 0.6 is 24.0 Å². The van der Waals surface area contributed by atoms with Crippen molar-refractivity contribution in [2.45, 2.75) is 39.3 Å². The summed E-state index contributed by atoms with van der Waals surface area (Å²) in [6, 6.07) is 7.11. The lowest BCUT2D eigenvalue weighted by Crippen LogP contribution is -2.39. The number of nitrogens with one attached hydrogen (secondary N) is 3. The zero-order valence-corrected chi connectivity index (χ0v) is 18.6. The number of hydrogen-bond donors (Lipinski definition) is 4. The van der Waals surface area contributed by atoms with Gasteiger partial charge in [0, 0.05) is 32.2 Å².